The van der Waals surface area contributed by atoms with Crippen molar-refractivity contribution in [3.8, 4) is 11.5 Å². The van der Waals surface area contributed by atoms with Crippen molar-refractivity contribution in [2.75, 3.05) is 19.0 Å². The van der Waals surface area contributed by atoms with Gasteiger partial charge in [0.25, 0.3) is 0 Å². The van der Waals surface area contributed by atoms with Gasteiger partial charge in [-0.2, -0.15) is 0 Å². The van der Waals surface area contributed by atoms with Gasteiger partial charge in [0.05, 0.1) is 31.7 Å². The van der Waals surface area contributed by atoms with Crippen LogP contribution in [0, 0.1) is 11.8 Å². The van der Waals surface area contributed by atoms with Gasteiger partial charge in [-0.25, -0.2) is 0 Å². The number of hydrogen-bond acceptors (Lipinski definition) is 6. The molecule has 2 aromatic carbocycles. The van der Waals surface area contributed by atoms with E-state index in [4.69, 9.17) is 14.2 Å². The lowest BCUT2D eigenvalue weighted by Crippen LogP contribution is -2.56. The molecule has 41 heavy (non-hydrogen) atoms. The van der Waals surface area contributed by atoms with Crippen LogP contribution in [0.4, 0.5) is 5.69 Å². The van der Waals surface area contributed by atoms with Gasteiger partial charge in [0.2, 0.25) is 17.7 Å². The lowest BCUT2D eigenvalue weighted by molar-refractivity contribution is -0.142. The number of nitrogens with one attached hydrogen (secondary N) is 2. The monoisotopic (exact) mass is 559 g/mol. The molecule has 0 unspecified atom stereocenters. The number of amides is 3. The molecule has 9 heteroatoms. The Hall–Kier alpha value is -3.85. The van der Waals surface area contributed by atoms with Crippen LogP contribution in [-0.2, 0) is 25.7 Å². The summed E-state index contributed by atoms with van der Waals surface area (Å²) < 4.78 is 17.3. The summed E-state index contributed by atoms with van der Waals surface area (Å²) in [4.78, 5) is 43.5. The van der Waals surface area contributed by atoms with E-state index in [1.807, 2.05) is 43.3 Å². The van der Waals surface area contributed by atoms with Crippen molar-refractivity contribution < 1.29 is 28.6 Å². The zero-order valence-electron chi connectivity index (χ0n) is 23.5. The highest BCUT2D eigenvalue weighted by atomic mass is 16.5. The molecule has 0 radical (unpaired) electrons. The summed E-state index contributed by atoms with van der Waals surface area (Å²) in [6.07, 6.45) is 8.27. The molecular weight excluding hydrogens is 522 g/mol. The summed E-state index contributed by atoms with van der Waals surface area (Å²) in [6, 6.07) is 13.8. The number of carbonyl (C=O) groups is 3. The summed E-state index contributed by atoms with van der Waals surface area (Å²) in [7, 11) is 1.60. The van der Waals surface area contributed by atoms with Gasteiger partial charge in [0, 0.05) is 18.3 Å². The van der Waals surface area contributed by atoms with Crippen molar-refractivity contribution in [2.24, 2.45) is 11.8 Å². The second kappa shape index (κ2) is 11.2. The van der Waals surface area contributed by atoms with Crippen molar-refractivity contribution in [1.29, 1.82) is 0 Å². The van der Waals surface area contributed by atoms with E-state index in [1.165, 1.54) is 6.42 Å². The van der Waals surface area contributed by atoms with E-state index in [9.17, 15) is 14.4 Å². The van der Waals surface area contributed by atoms with Crippen molar-refractivity contribution in [1.82, 2.24) is 10.2 Å². The molecule has 3 heterocycles. The molecule has 2 N–H and O–H groups in total. The molecule has 5 atom stereocenters. The molecule has 3 aliphatic heterocycles. The number of benzene rings is 2. The predicted molar refractivity (Wildman–Crippen MR) is 152 cm³/mol. The van der Waals surface area contributed by atoms with Gasteiger partial charge in [-0.05, 0) is 61.7 Å². The molecule has 3 fully saturated rings. The van der Waals surface area contributed by atoms with E-state index >= 15 is 0 Å². The molecule has 9 nitrogen and oxygen atoms in total. The number of anilines is 1. The third-order valence-corrected chi connectivity index (χ3v) is 8.82. The van der Waals surface area contributed by atoms with E-state index in [0.29, 0.717) is 23.8 Å². The first kappa shape index (κ1) is 27.3. The Kier molecular flexibility index (Phi) is 7.46. The van der Waals surface area contributed by atoms with Gasteiger partial charge >= 0.3 is 0 Å². The van der Waals surface area contributed by atoms with Gasteiger partial charge in [-0.1, -0.05) is 43.5 Å². The molecular formula is C32H37N3O6. The zero-order chi connectivity index (χ0) is 28.6. The van der Waals surface area contributed by atoms with Crippen molar-refractivity contribution in [3.05, 3.63) is 66.2 Å². The lowest BCUT2D eigenvalue weighted by atomic mass is 9.74. The fraction of sp³-hybridized carbons (Fsp3) is 0.469. The van der Waals surface area contributed by atoms with Gasteiger partial charge in [0.1, 0.15) is 23.1 Å². The number of nitrogens with zero attached hydrogens (tertiary/aromatic N) is 1. The molecule has 2 saturated heterocycles. The maximum absolute atomic E-state index is 14.2. The van der Waals surface area contributed by atoms with Crippen LogP contribution < -0.4 is 20.1 Å². The molecule has 0 aromatic heterocycles. The highest BCUT2D eigenvalue weighted by Crippen LogP contribution is 2.55. The minimum atomic E-state index is -1.20. The molecule has 3 amide bonds. The highest BCUT2D eigenvalue weighted by Gasteiger charge is 2.72. The number of likely N-dealkylation sites (tertiary alicyclic amines) is 1. The van der Waals surface area contributed by atoms with Crippen LogP contribution in [0.3, 0.4) is 0 Å². The van der Waals surface area contributed by atoms with E-state index < -0.39 is 29.6 Å². The predicted octanol–water partition coefficient (Wildman–Crippen LogP) is 3.83. The Morgan fingerprint density at radius 1 is 1.00 bits per heavy atom. The number of methoxy groups -OCH3 is 1. The second-order valence-corrected chi connectivity index (χ2v) is 11.3. The second-order valence-electron chi connectivity index (χ2n) is 11.3. The van der Waals surface area contributed by atoms with Gasteiger partial charge in [-0.3, -0.25) is 14.4 Å². The third-order valence-electron chi connectivity index (χ3n) is 8.82. The van der Waals surface area contributed by atoms with Crippen LogP contribution >= 0.6 is 0 Å². The van der Waals surface area contributed by atoms with Crippen LogP contribution in [0.25, 0.3) is 0 Å². The molecule has 1 aliphatic carbocycles. The molecule has 2 bridgehead atoms. The molecule has 1 saturated carbocycles. The van der Waals surface area contributed by atoms with Crippen molar-refractivity contribution >= 4 is 23.4 Å². The number of hydrogen-bond donors (Lipinski definition) is 2. The van der Waals surface area contributed by atoms with Gasteiger partial charge < -0.3 is 29.7 Å². The fourth-order valence-corrected chi connectivity index (χ4v) is 6.92. The summed E-state index contributed by atoms with van der Waals surface area (Å²) in [6.45, 7) is 2.68. The maximum atomic E-state index is 14.2. The Labute approximate surface area is 240 Å². The average Bonchev–Trinajstić information content (AvgIpc) is 3.62. The Morgan fingerprint density at radius 3 is 2.39 bits per heavy atom. The van der Waals surface area contributed by atoms with Crippen LogP contribution in [0.5, 0.6) is 11.5 Å². The van der Waals surface area contributed by atoms with Gasteiger partial charge in [0.15, 0.2) is 0 Å². The molecule has 1 spiro atoms. The SMILES string of the molecule is CCOc1ccc(NC(=O)[C@H]2[C@@H]3C=C[C@]4(O3)[C@@H]2C(=O)N(Cc2ccc(OC)cc2)[C@H]4C(=O)NC2CCCCC2)cc1. The number of carbonyl (C=O) groups excluding carboxylic acids is 3. The Balaban J connectivity index is 1.29. The van der Waals surface area contributed by atoms with Crippen LogP contribution in [-0.4, -0.2) is 60.1 Å². The number of ether oxygens (including phenoxy) is 3. The molecule has 4 aliphatic rings. The highest BCUT2D eigenvalue weighted by molar-refractivity contribution is 6.02. The number of fused-ring (bicyclic) bond motifs is 1. The first-order chi connectivity index (χ1) is 19.9. The summed E-state index contributed by atoms with van der Waals surface area (Å²) in [5.74, 6) is -0.920. The summed E-state index contributed by atoms with van der Waals surface area (Å²) >= 11 is 0. The minimum Gasteiger partial charge on any atom is -0.497 e. The first-order valence-corrected chi connectivity index (χ1v) is 14.6. The van der Waals surface area contributed by atoms with E-state index in [0.717, 1.165) is 31.2 Å². The fourth-order valence-electron chi connectivity index (χ4n) is 6.92. The molecule has 216 valence electrons. The normalized spacial score (nSPS) is 28.4. The van der Waals surface area contributed by atoms with Crippen molar-refractivity contribution in [2.45, 2.75) is 69.4 Å². The summed E-state index contributed by atoms with van der Waals surface area (Å²) in [5.41, 5.74) is 0.264. The largest absolute Gasteiger partial charge is 0.497 e. The van der Waals surface area contributed by atoms with Crippen LogP contribution in [0.2, 0.25) is 0 Å². The minimum absolute atomic E-state index is 0.0750. The third kappa shape index (κ3) is 4.96. The quantitative estimate of drug-likeness (QED) is 0.453. The molecule has 2 aromatic rings. The van der Waals surface area contributed by atoms with E-state index in [-0.39, 0.29) is 30.3 Å². The van der Waals surface area contributed by atoms with Crippen molar-refractivity contribution in [3.63, 3.8) is 0 Å². The average molecular weight is 560 g/mol. The summed E-state index contributed by atoms with van der Waals surface area (Å²) in [5, 5.41) is 6.19. The smallest absolute Gasteiger partial charge is 0.246 e. The van der Waals surface area contributed by atoms with E-state index in [2.05, 4.69) is 10.6 Å². The standard InChI is InChI=1S/C32H37N3O6/c1-3-40-24-15-11-22(12-16-24)33-29(36)26-25-17-18-32(41-25)27(26)31(38)35(19-20-9-13-23(39-2)14-10-20)28(32)30(37)34-21-7-5-4-6-8-21/h9-18,21,25-28H,3-8,19H2,1-2H3,(H,33,36)(H,34,37)/t25-,26-,27-,28-,32-/m0/s1. The molecule has 6 rings (SSSR count). The lowest BCUT2D eigenvalue weighted by Gasteiger charge is -2.34. The Morgan fingerprint density at radius 2 is 1.71 bits per heavy atom. The van der Waals surface area contributed by atoms with Crippen LogP contribution in [0.15, 0.2) is 60.7 Å². The zero-order valence-corrected chi connectivity index (χ0v) is 23.5. The van der Waals surface area contributed by atoms with E-state index in [1.54, 1.807) is 36.3 Å². The Bertz CT molecular complexity index is 1320. The van der Waals surface area contributed by atoms with Gasteiger partial charge in [-0.15, -0.1) is 0 Å². The number of rotatable bonds is 9. The maximum Gasteiger partial charge on any atom is 0.246 e. The first-order valence-electron chi connectivity index (χ1n) is 14.6. The van der Waals surface area contributed by atoms with Crippen LogP contribution in [0.1, 0.15) is 44.6 Å². The topological polar surface area (TPSA) is 106 Å².